The van der Waals surface area contributed by atoms with Crippen molar-refractivity contribution >= 4 is 11.3 Å². The van der Waals surface area contributed by atoms with Gasteiger partial charge in [-0.15, -0.1) is 0 Å². The second kappa shape index (κ2) is 7.85. The van der Waals surface area contributed by atoms with Crippen molar-refractivity contribution < 1.29 is 0 Å². The average Bonchev–Trinajstić information content (AvgIpc) is 2.72. The molecule has 0 aromatic carbocycles. The summed E-state index contributed by atoms with van der Waals surface area (Å²) < 4.78 is 0. The van der Waals surface area contributed by atoms with Crippen molar-refractivity contribution in [3.05, 3.63) is 22.4 Å². The molecule has 0 spiro atoms. The van der Waals surface area contributed by atoms with E-state index in [1.165, 1.54) is 70.4 Å². The molecule has 1 aliphatic heterocycles. The Balaban J connectivity index is 1.50. The predicted octanol–water partition coefficient (Wildman–Crippen LogP) is 2.76. The lowest BCUT2D eigenvalue weighted by Crippen LogP contribution is -2.29. The first-order valence-corrected chi connectivity index (χ1v) is 7.83. The highest BCUT2D eigenvalue weighted by Crippen LogP contribution is 2.10. The second-order valence-corrected chi connectivity index (χ2v) is 5.67. The minimum Gasteiger partial charge on any atom is -0.315 e. The first-order valence-electron chi connectivity index (χ1n) is 6.89. The molecule has 1 saturated heterocycles. The van der Waals surface area contributed by atoms with Crippen LogP contribution in [-0.2, 0) is 6.42 Å². The lowest BCUT2D eigenvalue weighted by molar-refractivity contribution is 0.285. The van der Waals surface area contributed by atoms with Crippen LogP contribution in [0.1, 0.15) is 31.2 Å². The third-order valence-corrected chi connectivity index (χ3v) is 4.18. The van der Waals surface area contributed by atoms with E-state index in [4.69, 9.17) is 0 Å². The highest BCUT2D eigenvalue weighted by atomic mass is 32.1. The Hall–Kier alpha value is -0.380. The highest BCUT2D eigenvalue weighted by molar-refractivity contribution is 7.07. The predicted molar refractivity (Wildman–Crippen MR) is 75.8 cm³/mol. The molecule has 1 aromatic heterocycles. The van der Waals surface area contributed by atoms with E-state index >= 15 is 0 Å². The molecule has 0 saturated carbocycles. The Kier molecular flexibility index (Phi) is 6.03. The van der Waals surface area contributed by atoms with Gasteiger partial charge in [0.1, 0.15) is 0 Å². The fourth-order valence-electron chi connectivity index (χ4n) is 2.40. The van der Waals surface area contributed by atoms with Gasteiger partial charge in [-0.05, 0) is 67.7 Å². The molecule has 1 aromatic rings. The lowest BCUT2D eigenvalue weighted by atomic mass is 10.1. The molecule has 0 aliphatic carbocycles. The topological polar surface area (TPSA) is 15.3 Å². The van der Waals surface area contributed by atoms with E-state index in [-0.39, 0.29) is 0 Å². The standard InChI is InChI=1S/C14H24N2S/c1(2-5-14-6-12-17-13-14)3-9-16-10-4-7-15-8-11-16/h6,12-13,15H,1-5,7-11H2. The molecule has 0 radical (unpaired) electrons. The zero-order valence-electron chi connectivity index (χ0n) is 10.7. The minimum absolute atomic E-state index is 1.18. The van der Waals surface area contributed by atoms with E-state index in [0.29, 0.717) is 0 Å². The molecule has 0 unspecified atom stereocenters. The maximum absolute atomic E-state index is 3.46. The summed E-state index contributed by atoms with van der Waals surface area (Å²) in [6, 6.07) is 2.26. The Labute approximate surface area is 109 Å². The third kappa shape index (κ3) is 5.19. The summed E-state index contributed by atoms with van der Waals surface area (Å²) in [7, 11) is 0. The van der Waals surface area contributed by atoms with Gasteiger partial charge in [-0.1, -0.05) is 6.42 Å². The van der Waals surface area contributed by atoms with Crippen LogP contribution >= 0.6 is 11.3 Å². The van der Waals surface area contributed by atoms with Gasteiger partial charge >= 0.3 is 0 Å². The zero-order valence-corrected chi connectivity index (χ0v) is 11.5. The van der Waals surface area contributed by atoms with Gasteiger partial charge < -0.3 is 10.2 Å². The first-order chi connectivity index (χ1) is 8.45. The van der Waals surface area contributed by atoms with Crippen LogP contribution in [0.5, 0.6) is 0 Å². The van der Waals surface area contributed by atoms with E-state index < -0.39 is 0 Å². The van der Waals surface area contributed by atoms with Gasteiger partial charge in [-0.3, -0.25) is 0 Å². The van der Waals surface area contributed by atoms with Crippen LogP contribution in [0.4, 0.5) is 0 Å². The SMILES string of the molecule is c1cc(CCCCCN2CCCNCC2)cs1. The minimum atomic E-state index is 1.18. The number of aryl methyl sites for hydroxylation is 1. The van der Waals surface area contributed by atoms with Crippen LogP contribution < -0.4 is 5.32 Å². The maximum atomic E-state index is 3.46. The molecule has 1 N–H and O–H groups in total. The van der Waals surface area contributed by atoms with Crippen LogP contribution in [0.2, 0.25) is 0 Å². The molecular formula is C14H24N2S. The molecule has 1 fully saturated rings. The van der Waals surface area contributed by atoms with E-state index in [1.54, 1.807) is 0 Å². The number of unbranched alkanes of at least 4 members (excludes halogenated alkanes) is 2. The fourth-order valence-corrected chi connectivity index (χ4v) is 3.10. The van der Waals surface area contributed by atoms with Crippen molar-refractivity contribution in [2.24, 2.45) is 0 Å². The van der Waals surface area contributed by atoms with Gasteiger partial charge in [0.2, 0.25) is 0 Å². The first kappa shape index (κ1) is 13.1. The van der Waals surface area contributed by atoms with Crippen molar-refractivity contribution in [2.45, 2.75) is 32.1 Å². The van der Waals surface area contributed by atoms with E-state index in [2.05, 4.69) is 27.0 Å². The molecule has 3 heteroatoms. The quantitative estimate of drug-likeness (QED) is 0.783. The molecule has 0 bridgehead atoms. The fraction of sp³-hybridized carbons (Fsp3) is 0.714. The molecule has 2 nitrogen and oxygen atoms in total. The van der Waals surface area contributed by atoms with Crippen molar-refractivity contribution in [2.75, 3.05) is 32.7 Å². The summed E-state index contributed by atoms with van der Waals surface area (Å²) in [6.45, 7) is 6.21. The average molecular weight is 252 g/mol. The van der Waals surface area contributed by atoms with Crippen LogP contribution in [0, 0.1) is 0 Å². The molecule has 0 amide bonds. The van der Waals surface area contributed by atoms with Crippen molar-refractivity contribution in [1.29, 1.82) is 0 Å². The van der Waals surface area contributed by atoms with Gasteiger partial charge in [0.15, 0.2) is 0 Å². The number of thiophene rings is 1. The number of nitrogens with one attached hydrogen (secondary N) is 1. The number of hydrogen-bond acceptors (Lipinski definition) is 3. The number of hydrogen-bond donors (Lipinski definition) is 1. The molecule has 0 atom stereocenters. The summed E-state index contributed by atoms with van der Waals surface area (Å²) in [5.74, 6) is 0. The van der Waals surface area contributed by atoms with Gasteiger partial charge in [0.05, 0.1) is 0 Å². The highest BCUT2D eigenvalue weighted by Gasteiger charge is 2.07. The summed E-state index contributed by atoms with van der Waals surface area (Å²) in [5, 5.41) is 7.92. The Morgan fingerprint density at radius 3 is 3.06 bits per heavy atom. The monoisotopic (exact) mass is 252 g/mol. The van der Waals surface area contributed by atoms with Crippen molar-refractivity contribution in [3.63, 3.8) is 0 Å². The lowest BCUT2D eigenvalue weighted by Gasteiger charge is -2.18. The van der Waals surface area contributed by atoms with Crippen LogP contribution in [0.15, 0.2) is 16.8 Å². The molecule has 2 heterocycles. The van der Waals surface area contributed by atoms with Gasteiger partial charge in [0.25, 0.3) is 0 Å². The van der Waals surface area contributed by atoms with Gasteiger partial charge in [0, 0.05) is 13.1 Å². The summed E-state index contributed by atoms with van der Waals surface area (Å²) >= 11 is 1.81. The maximum Gasteiger partial charge on any atom is 0.0107 e. The van der Waals surface area contributed by atoms with E-state index in [9.17, 15) is 0 Å². The van der Waals surface area contributed by atoms with E-state index in [0.717, 1.165) is 0 Å². The summed E-state index contributed by atoms with van der Waals surface area (Å²) in [4.78, 5) is 2.62. The summed E-state index contributed by atoms with van der Waals surface area (Å²) in [5.41, 5.74) is 1.52. The Morgan fingerprint density at radius 1 is 1.18 bits per heavy atom. The molecule has 1 aliphatic rings. The van der Waals surface area contributed by atoms with Gasteiger partial charge in [-0.25, -0.2) is 0 Å². The molecule has 96 valence electrons. The molecule has 17 heavy (non-hydrogen) atoms. The second-order valence-electron chi connectivity index (χ2n) is 4.89. The van der Waals surface area contributed by atoms with Gasteiger partial charge in [-0.2, -0.15) is 11.3 Å². The zero-order chi connectivity index (χ0) is 11.8. The smallest absolute Gasteiger partial charge is 0.0107 e. The van der Waals surface area contributed by atoms with Crippen LogP contribution in [0.25, 0.3) is 0 Å². The number of rotatable bonds is 6. The Morgan fingerprint density at radius 2 is 2.18 bits per heavy atom. The van der Waals surface area contributed by atoms with Crippen molar-refractivity contribution in [1.82, 2.24) is 10.2 Å². The molecular weight excluding hydrogens is 228 g/mol. The van der Waals surface area contributed by atoms with Crippen LogP contribution in [0.3, 0.4) is 0 Å². The third-order valence-electron chi connectivity index (χ3n) is 3.45. The molecule has 2 rings (SSSR count). The largest absolute Gasteiger partial charge is 0.315 e. The van der Waals surface area contributed by atoms with Crippen LogP contribution in [-0.4, -0.2) is 37.6 Å². The van der Waals surface area contributed by atoms with Crippen molar-refractivity contribution in [3.8, 4) is 0 Å². The Bertz CT molecular complexity index is 276. The number of nitrogens with zero attached hydrogens (tertiary/aromatic N) is 1. The normalized spacial score (nSPS) is 18.1. The van der Waals surface area contributed by atoms with E-state index in [1.807, 2.05) is 11.3 Å². The summed E-state index contributed by atoms with van der Waals surface area (Å²) in [6.07, 6.45) is 6.67.